The molecule has 0 aromatic heterocycles. The quantitative estimate of drug-likeness (QED) is 0.329. The summed E-state index contributed by atoms with van der Waals surface area (Å²) in [6.07, 6.45) is 0.656. The molecule has 0 saturated heterocycles. The van der Waals surface area contributed by atoms with Crippen molar-refractivity contribution in [3.63, 3.8) is 0 Å². The van der Waals surface area contributed by atoms with Crippen LogP contribution in [0.15, 0.2) is 48.5 Å². The number of ketones is 1. The van der Waals surface area contributed by atoms with Crippen LogP contribution in [0.3, 0.4) is 0 Å². The number of hydrogen-bond acceptors (Lipinski definition) is 4. The van der Waals surface area contributed by atoms with E-state index in [1.807, 2.05) is 6.92 Å². The molecular weight excluding hydrogens is 420 g/mol. The van der Waals surface area contributed by atoms with Crippen molar-refractivity contribution in [3.05, 3.63) is 64.7 Å². The summed E-state index contributed by atoms with van der Waals surface area (Å²) in [6, 6.07) is 13.3. The minimum atomic E-state index is -1.15. The molecule has 0 aliphatic rings. The summed E-state index contributed by atoms with van der Waals surface area (Å²) in [5.41, 5.74) is -0.0791. The van der Waals surface area contributed by atoms with Crippen LogP contribution in [0.2, 0.25) is 5.02 Å². The molecule has 1 atom stereocenters. The van der Waals surface area contributed by atoms with E-state index < -0.39 is 11.6 Å². The van der Waals surface area contributed by atoms with Gasteiger partial charge in [0.15, 0.2) is 16.4 Å². The van der Waals surface area contributed by atoms with Crippen LogP contribution < -0.4 is 4.74 Å². The Balaban J connectivity index is 2.08. The molecule has 0 spiro atoms. The topological polar surface area (TPSA) is 52.6 Å². The normalized spacial score (nSPS) is 12.3. The molecular formula is C20H20BrClO4. The Hall–Kier alpha value is -1.85. The van der Waals surface area contributed by atoms with E-state index in [0.29, 0.717) is 28.3 Å². The number of carbonyl (C=O) groups excluding carboxylic acids is 2. The van der Waals surface area contributed by atoms with Gasteiger partial charge in [0.1, 0.15) is 5.75 Å². The maximum absolute atomic E-state index is 12.5. The molecule has 0 aliphatic heterocycles. The van der Waals surface area contributed by atoms with Gasteiger partial charge in [0, 0.05) is 16.1 Å². The lowest BCUT2D eigenvalue weighted by Crippen LogP contribution is -2.40. The maximum atomic E-state index is 12.5. The molecule has 6 heteroatoms. The monoisotopic (exact) mass is 438 g/mol. The second kappa shape index (κ2) is 8.69. The molecule has 0 heterocycles. The zero-order chi connectivity index (χ0) is 19.3. The molecule has 1 unspecified atom stereocenters. The molecule has 0 saturated carbocycles. The summed E-state index contributed by atoms with van der Waals surface area (Å²) in [5.74, 6) is -0.110. The second-order valence-corrected chi connectivity index (χ2v) is 7.65. The summed E-state index contributed by atoms with van der Waals surface area (Å²) in [5, 5.41) is 0.227. The van der Waals surface area contributed by atoms with Crippen LogP contribution in [0.1, 0.15) is 43.1 Å². The summed E-state index contributed by atoms with van der Waals surface area (Å²) in [7, 11) is 0. The van der Waals surface area contributed by atoms with Gasteiger partial charge in [0.2, 0.25) is 0 Å². The molecule has 138 valence electrons. The lowest BCUT2D eigenvalue weighted by atomic mass is 10.0. The van der Waals surface area contributed by atoms with Crippen molar-refractivity contribution >= 4 is 39.3 Å². The van der Waals surface area contributed by atoms with E-state index in [9.17, 15) is 9.59 Å². The van der Waals surface area contributed by atoms with Crippen molar-refractivity contribution in [2.75, 3.05) is 0 Å². The minimum absolute atomic E-state index is 0.114. The number of hydrogen-bond donors (Lipinski definition) is 0. The van der Waals surface area contributed by atoms with Gasteiger partial charge in [0.05, 0.1) is 0 Å². The first-order valence-electron chi connectivity index (χ1n) is 8.17. The second-order valence-electron chi connectivity index (χ2n) is 6.20. The van der Waals surface area contributed by atoms with Gasteiger partial charge in [-0.2, -0.15) is 0 Å². The van der Waals surface area contributed by atoms with Crippen LogP contribution in [-0.4, -0.2) is 22.4 Å². The number of halogens is 2. The number of benzene rings is 2. The summed E-state index contributed by atoms with van der Waals surface area (Å²) < 4.78 is 11.0. The third-order valence-electron chi connectivity index (χ3n) is 3.64. The van der Waals surface area contributed by atoms with E-state index in [-0.39, 0.29) is 10.8 Å². The first-order valence-corrected chi connectivity index (χ1v) is 9.47. The molecule has 4 nitrogen and oxygen atoms in total. The standard InChI is InChI=1S/C20H20BrClO4/c1-4-17(21)25-19(24)20(2,3)26-16-11-7-14(8-12-16)18(23)13-5-9-15(22)10-6-13/h5-12,17H,4H2,1-3H3. The van der Waals surface area contributed by atoms with Crippen molar-refractivity contribution in [1.29, 1.82) is 0 Å². The molecule has 0 aliphatic carbocycles. The highest BCUT2D eigenvalue weighted by atomic mass is 79.9. The summed E-state index contributed by atoms with van der Waals surface area (Å²) in [6.45, 7) is 5.17. The Morgan fingerprint density at radius 1 is 1.04 bits per heavy atom. The lowest BCUT2D eigenvalue weighted by Gasteiger charge is -2.25. The highest BCUT2D eigenvalue weighted by Gasteiger charge is 2.33. The van der Waals surface area contributed by atoms with Crippen LogP contribution in [-0.2, 0) is 9.53 Å². The number of carbonyl (C=O) groups is 2. The van der Waals surface area contributed by atoms with E-state index in [0.717, 1.165) is 0 Å². The van der Waals surface area contributed by atoms with Gasteiger partial charge in [-0.15, -0.1) is 0 Å². The zero-order valence-corrected chi connectivity index (χ0v) is 17.1. The van der Waals surface area contributed by atoms with E-state index in [1.54, 1.807) is 62.4 Å². The van der Waals surface area contributed by atoms with Gasteiger partial charge in [0.25, 0.3) is 0 Å². The third kappa shape index (κ3) is 5.32. The molecule has 0 radical (unpaired) electrons. The van der Waals surface area contributed by atoms with E-state index >= 15 is 0 Å². The Morgan fingerprint density at radius 3 is 2.04 bits per heavy atom. The van der Waals surface area contributed by atoms with Crippen LogP contribution in [0.25, 0.3) is 0 Å². The van der Waals surface area contributed by atoms with Crippen molar-refractivity contribution in [3.8, 4) is 5.75 Å². The highest BCUT2D eigenvalue weighted by molar-refractivity contribution is 9.09. The van der Waals surface area contributed by atoms with Gasteiger partial charge >= 0.3 is 5.97 Å². The van der Waals surface area contributed by atoms with Crippen molar-refractivity contribution in [1.82, 2.24) is 0 Å². The zero-order valence-electron chi connectivity index (χ0n) is 14.8. The largest absolute Gasteiger partial charge is 0.476 e. The SMILES string of the molecule is CCC(Br)OC(=O)C(C)(C)Oc1ccc(C(=O)c2ccc(Cl)cc2)cc1. The lowest BCUT2D eigenvalue weighted by molar-refractivity contribution is -0.160. The summed E-state index contributed by atoms with van der Waals surface area (Å²) in [4.78, 5) is 24.6. The van der Waals surface area contributed by atoms with Crippen LogP contribution in [0.5, 0.6) is 5.75 Å². The number of alkyl halides is 1. The first-order chi connectivity index (χ1) is 12.2. The maximum Gasteiger partial charge on any atom is 0.351 e. The molecule has 0 bridgehead atoms. The van der Waals surface area contributed by atoms with Crippen molar-refractivity contribution in [2.45, 2.75) is 37.8 Å². The van der Waals surface area contributed by atoms with Gasteiger partial charge in [-0.3, -0.25) is 4.79 Å². The Morgan fingerprint density at radius 2 is 1.54 bits per heavy atom. The van der Waals surface area contributed by atoms with Gasteiger partial charge < -0.3 is 9.47 Å². The number of esters is 1. The average molecular weight is 440 g/mol. The Bertz CT molecular complexity index is 769. The van der Waals surface area contributed by atoms with Crippen molar-refractivity contribution < 1.29 is 19.1 Å². The average Bonchev–Trinajstić information content (AvgIpc) is 2.62. The van der Waals surface area contributed by atoms with Gasteiger partial charge in [-0.25, -0.2) is 4.79 Å². The van der Waals surface area contributed by atoms with E-state index in [2.05, 4.69) is 15.9 Å². The highest BCUT2D eigenvalue weighted by Crippen LogP contribution is 2.23. The Labute approximate surface area is 166 Å². The predicted molar refractivity (Wildman–Crippen MR) is 105 cm³/mol. The van der Waals surface area contributed by atoms with E-state index in [1.165, 1.54) is 0 Å². The molecule has 26 heavy (non-hydrogen) atoms. The number of ether oxygens (including phenoxy) is 2. The molecule has 0 N–H and O–H groups in total. The fourth-order valence-corrected chi connectivity index (χ4v) is 2.42. The van der Waals surface area contributed by atoms with E-state index in [4.69, 9.17) is 21.1 Å². The Kier molecular flexibility index (Phi) is 6.84. The molecule has 2 rings (SSSR count). The molecule has 0 fully saturated rings. The predicted octanol–water partition coefficient (Wildman–Crippen LogP) is 5.40. The van der Waals surface area contributed by atoms with Crippen LogP contribution in [0, 0.1) is 0 Å². The molecule has 2 aromatic carbocycles. The van der Waals surface area contributed by atoms with Gasteiger partial charge in [-0.05, 0) is 84.7 Å². The van der Waals surface area contributed by atoms with Gasteiger partial charge in [-0.1, -0.05) is 18.5 Å². The fourth-order valence-electron chi connectivity index (χ4n) is 2.12. The van der Waals surface area contributed by atoms with Crippen LogP contribution in [0.4, 0.5) is 0 Å². The summed E-state index contributed by atoms with van der Waals surface area (Å²) >= 11 is 9.11. The molecule has 0 amide bonds. The third-order valence-corrected chi connectivity index (χ3v) is 4.73. The first kappa shape index (κ1) is 20.5. The smallest absolute Gasteiger partial charge is 0.351 e. The fraction of sp³-hybridized carbons (Fsp3) is 0.300. The minimum Gasteiger partial charge on any atom is -0.476 e. The van der Waals surface area contributed by atoms with Crippen molar-refractivity contribution in [2.24, 2.45) is 0 Å². The number of rotatable bonds is 7. The molecule has 2 aromatic rings. The van der Waals surface area contributed by atoms with Crippen LogP contribution >= 0.6 is 27.5 Å².